The van der Waals surface area contributed by atoms with Gasteiger partial charge < -0.3 is 9.84 Å². The number of methoxy groups -OCH3 is 1. The minimum Gasteiger partial charge on any atom is -0.504 e. The highest BCUT2D eigenvalue weighted by atomic mass is 16.5. The maximum absolute atomic E-state index is 11.8. The van der Waals surface area contributed by atoms with Crippen LogP contribution in [-0.2, 0) is 11.2 Å². The second kappa shape index (κ2) is 4.73. The van der Waals surface area contributed by atoms with E-state index in [9.17, 15) is 9.90 Å². The van der Waals surface area contributed by atoms with Crippen LogP contribution in [0.15, 0.2) is 12.1 Å². The molecule has 2 heterocycles. The number of hydrogen-bond acceptors (Lipinski definition) is 4. The smallest absolute Gasteiger partial charge is 0.160 e. The van der Waals surface area contributed by atoms with Crippen LogP contribution in [0.2, 0.25) is 0 Å². The molecule has 2 fully saturated rings. The molecule has 2 aliphatic heterocycles. The minimum atomic E-state index is 0.232. The number of hydrogen-bond donors (Lipinski definition) is 1. The summed E-state index contributed by atoms with van der Waals surface area (Å²) in [5, 5.41) is 9.96. The van der Waals surface area contributed by atoms with Crippen molar-refractivity contribution in [3.8, 4) is 11.5 Å². The molecule has 3 aliphatic rings. The second-order valence-electron chi connectivity index (χ2n) is 6.57. The van der Waals surface area contributed by atoms with Gasteiger partial charge in [0.1, 0.15) is 5.78 Å². The van der Waals surface area contributed by atoms with Crippen molar-refractivity contribution >= 4 is 5.78 Å². The number of benzene rings is 1. The summed E-state index contributed by atoms with van der Waals surface area (Å²) in [4.78, 5) is 14.3. The van der Waals surface area contributed by atoms with Crippen LogP contribution in [0, 0.1) is 5.92 Å². The number of phenolic OH excluding ortho intramolecular Hbond substituents is 1. The molecule has 0 radical (unpaired) electrons. The highest BCUT2D eigenvalue weighted by Gasteiger charge is 2.46. The lowest BCUT2D eigenvalue weighted by atomic mass is 9.83. The second-order valence-corrected chi connectivity index (χ2v) is 6.57. The van der Waals surface area contributed by atoms with Crippen LogP contribution in [-0.4, -0.2) is 35.5 Å². The number of Topliss-reactive ketones (excluding diaryl/α,β-unsaturated/α-hetero) is 1. The maximum atomic E-state index is 11.8. The molecule has 1 aliphatic carbocycles. The van der Waals surface area contributed by atoms with E-state index < -0.39 is 0 Å². The monoisotopic (exact) mass is 287 g/mol. The number of aromatic hydroxyl groups is 1. The zero-order valence-corrected chi connectivity index (χ0v) is 12.3. The number of ether oxygens (including phenoxy) is 1. The zero-order chi connectivity index (χ0) is 14.6. The predicted molar refractivity (Wildman–Crippen MR) is 78.6 cm³/mol. The van der Waals surface area contributed by atoms with Crippen LogP contribution in [0.4, 0.5) is 0 Å². The number of phenols is 1. The molecule has 21 heavy (non-hydrogen) atoms. The summed E-state index contributed by atoms with van der Waals surface area (Å²) in [6.07, 6.45) is 4.61. The van der Waals surface area contributed by atoms with Gasteiger partial charge in [-0.2, -0.15) is 0 Å². The SMILES string of the molecule is COc1cc2c(cc1O)CCN1C2CC2CCC(=O)CC21. The van der Waals surface area contributed by atoms with Crippen molar-refractivity contribution in [2.45, 2.75) is 44.2 Å². The Balaban J connectivity index is 1.71. The molecule has 1 aromatic carbocycles. The van der Waals surface area contributed by atoms with Crippen molar-refractivity contribution in [3.63, 3.8) is 0 Å². The summed E-state index contributed by atoms with van der Waals surface area (Å²) in [7, 11) is 1.59. The summed E-state index contributed by atoms with van der Waals surface area (Å²) < 4.78 is 5.27. The zero-order valence-electron chi connectivity index (χ0n) is 12.3. The van der Waals surface area contributed by atoms with Gasteiger partial charge in [-0.25, -0.2) is 0 Å². The first-order valence-electron chi connectivity index (χ1n) is 7.84. The average molecular weight is 287 g/mol. The predicted octanol–water partition coefficient (Wildman–Crippen LogP) is 2.44. The number of ketones is 1. The summed E-state index contributed by atoms with van der Waals surface area (Å²) in [5.74, 6) is 1.86. The summed E-state index contributed by atoms with van der Waals surface area (Å²) in [6, 6.07) is 4.69. The first-order valence-corrected chi connectivity index (χ1v) is 7.84. The summed E-state index contributed by atoms with van der Waals surface area (Å²) >= 11 is 0. The molecule has 0 spiro atoms. The largest absolute Gasteiger partial charge is 0.504 e. The Hall–Kier alpha value is -1.55. The standard InChI is InChI=1S/C17H21NO3/c1-21-17-9-13-10(7-16(17)20)4-5-18-14-8-12(19)3-2-11(14)6-15(13)18/h7,9,11,14-15,20H,2-6,8H2,1H3. The molecule has 1 saturated heterocycles. The van der Waals surface area contributed by atoms with Crippen LogP contribution in [0.5, 0.6) is 11.5 Å². The van der Waals surface area contributed by atoms with Crippen LogP contribution < -0.4 is 4.74 Å². The average Bonchev–Trinajstić information content (AvgIpc) is 2.84. The Morgan fingerprint density at radius 2 is 2.19 bits per heavy atom. The van der Waals surface area contributed by atoms with E-state index in [-0.39, 0.29) is 5.75 Å². The van der Waals surface area contributed by atoms with Gasteiger partial charge in [0.15, 0.2) is 11.5 Å². The third-order valence-electron chi connectivity index (χ3n) is 5.57. The first-order chi connectivity index (χ1) is 10.2. The fraction of sp³-hybridized carbons (Fsp3) is 0.588. The summed E-state index contributed by atoms with van der Waals surface area (Å²) in [5.41, 5.74) is 2.53. The number of carbonyl (C=O) groups excluding carboxylic acids is 1. The Labute approximate surface area is 124 Å². The van der Waals surface area contributed by atoms with Crippen LogP contribution in [0.3, 0.4) is 0 Å². The number of nitrogens with zero attached hydrogens (tertiary/aromatic N) is 1. The Morgan fingerprint density at radius 1 is 1.33 bits per heavy atom. The molecular formula is C17H21NO3. The molecule has 0 bridgehead atoms. The number of rotatable bonds is 1. The van der Waals surface area contributed by atoms with Gasteiger partial charge in [-0.05, 0) is 48.4 Å². The van der Waals surface area contributed by atoms with Gasteiger partial charge in [0, 0.05) is 31.5 Å². The van der Waals surface area contributed by atoms with Crippen molar-refractivity contribution in [2.75, 3.05) is 13.7 Å². The van der Waals surface area contributed by atoms with E-state index in [1.54, 1.807) is 7.11 Å². The molecule has 0 aromatic heterocycles. The maximum Gasteiger partial charge on any atom is 0.160 e. The summed E-state index contributed by atoms with van der Waals surface area (Å²) in [6.45, 7) is 0.998. The Bertz CT molecular complexity index is 598. The Kier molecular flexibility index (Phi) is 2.96. The van der Waals surface area contributed by atoms with Crippen molar-refractivity contribution in [2.24, 2.45) is 5.92 Å². The third kappa shape index (κ3) is 1.96. The molecule has 112 valence electrons. The van der Waals surface area contributed by atoms with E-state index in [1.807, 2.05) is 12.1 Å². The van der Waals surface area contributed by atoms with E-state index in [4.69, 9.17) is 4.74 Å². The van der Waals surface area contributed by atoms with E-state index in [2.05, 4.69) is 4.90 Å². The molecule has 1 aromatic rings. The fourth-order valence-electron chi connectivity index (χ4n) is 4.55. The molecule has 4 heteroatoms. The lowest BCUT2D eigenvalue weighted by Gasteiger charge is -2.37. The highest BCUT2D eigenvalue weighted by Crippen LogP contribution is 2.49. The van der Waals surface area contributed by atoms with E-state index >= 15 is 0 Å². The van der Waals surface area contributed by atoms with E-state index in [0.717, 1.165) is 38.6 Å². The minimum absolute atomic E-state index is 0.232. The van der Waals surface area contributed by atoms with Gasteiger partial charge in [-0.1, -0.05) is 0 Å². The lowest BCUT2D eigenvalue weighted by Crippen LogP contribution is -2.41. The van der Waals surface area contributed by atoms with Gasteiger partial charge >= 0.3 is 0 Å². The van der Waals surface area contributed by atoms with E-state index in [1.165, 1.54) is 11.1 Å². The van der Waals surface area contributed by atoms with Gasteiger partial charge in [-0.15, -0.1) is 0 Å². The first kappa shape index (κ1) is 13.1. The van der Waals surface area contributed by atoms with E-state index in [0.29, 0.717) is 29.5 Å². The number of fused-ring (bicyclic) bond motifs is 5. The van der Waals surface area contributed by atoms with Crippen molar-refractivity contribution in [1.82, 2.24) is 4.90 Å². The van der Waals surface area contributed by atoms with Crippen LogP contribution in [0.1, 0.15) is 42.9 Å². The van der Waals surface area contributed by atoms with Gasteiger partial charge in [-0.3, -0.25) is 9.69 Å². The molecule has 3 unspecified atom stereocenters. The van der Waals surface area contributed by atoms with Gasteiger partial charge in [0.05, 0.1) is 7.11 Å². The highest BCUT2D eigenvalue weighted by molar-refractivity contribution is 5.80. The van der Waals surface area contributed by atoms with Crippen molar-refractivity contribution in [1.29, 1.82) is 0 Å². The molecule has 4 nitrogen and oxygen atoms in total. The Morgan fingerprint density at radius 3 is 3.00 bits per heavy atom. The van der Waals surface area contributed by atoms with Crippen molar-refractivity contribution in [3.05, 3.63) is 23.3 Å². The lowest BCUT2D eigenvalue weighted by molar-refractivity contribution is -0.122. The van der Waals surface area contributed by atoms with Crippen molar-refractivity contribution < 1.29 is 14.6 Å². The van der Waals surface area contributed by atoms with Gasteiger partial charge in [0.2, 0.25) is 0 Å². The molecule has 3 atom stereocenters. The normalized spacial score (nSPS) is 31.5. The molecule has 1 N–H and O–H groups in total. The third-order valence-corrected chi connectivity index (χ3v) is 5.57. The van der Waals surface area contributed by atoms with Gasteiger partial charge in [0.25, 0.3) is 0 Å². The van der Waals surface area contributed by atoms with Crippen LogP contribution >= 0.6 is 0 Å². The fourth-order valence-corrected chi connectivity index (χ4v) is 4.55. The van der Waals surface area contributed by atoms with Crippen LogP contribution in [0.25, 0.3) is 0 Å². The number of carbonyl (C=O) groups is 1. The molecule has 0 amide bonds. The molecular weight excluding hydrogens is 266 g/mol. The molecule has 1 saturated carbocycles. The quantitative estimate of drug-likeness (QED) is 0.862. The molecule has 4 rings (SSSR count). The topological polar surface area (TPSA) is 49.8 Å².